The molecule has 1 atom stereocenters. The third-order valence-corrected chi connectivity index (χ3v) is 5.03. The number of nitrogens with zero attached hydrogens (tertiary/aromatic N) is 4. The third kappa shape index (κ3) is 5.29. The van der Waals surface area contributed by atoms with Gasteiger partial charge in [0.05, 0.1) is 12.1 Å². The van der Waals surface area contributed by atoms with Crippen LogP contribution < -0.4 is 5.32 Å². The van der Waals surface area contributed by atoms with Gasteiger partial charge in [0.1, 0.15) is 5.69 Å². The van der Waals surface area contributed by atoms with Crippen LogP contribution in [0.1, 0.15) is 29.8 Å². The summed E-state index contributed by atoms with van der Waals surface area (Å²) in [6.45, 7) is 5.51. The summed E-state index contributed by atoms with van der Waals surface area (Å²) < 4.78 is 1.82. The normalized spacial score (nSPS) is 12.3. The maximum absolute atomic E-state index is 13.1. The average Bonchev–Trinajstić information content (AvgIpc) is 3.13. The number of benzene rings is 1. The fraction of sp³-hybridized carbons (Fsp3) is 0.348. The number of hydrogen-bond donors (Lipinski definition) is 1. The van der Waals surface area contributed by atoms with E-state index in [4.69, 9.17) is 5.10 Å². The van der Waals surface area contributed by atoms with Crippen LogP contribution in [0, 0.1) is 5.92 Å². The van der Waals surface area contributed by atoms with E-state index in [0.717, 1.165) is 11.1 Å². The van der Waals surface area contributed by atoms with Crippen molar-refractivity contribution < 1.29 is 4.79 Å². The van der Waals surface area contributed by atoms with Crippen molar-refractivity contribution in [2.75, 3.05) is 20.6 Å². The molecule has 1 unspecified atom stereocenters. The first-order valence-electron chi connectivity index (χ1n) is 9.92. The van der Waals surface area contributed by atoms with E-state index in [1.807, 2.05) is 55.3 Å². The standard InChI is InChI=1S/C23H29N5O/c1-17(2)21(27(3)4)14-25-23(29)20-16-28(15-18-9-6-5-7-10-18)26-22(20)19-11-8-12-24-13-19/h5-13,16-17,21H,14-15H2,1-4H3,(H,25,29). The number of carbonyl (C=O) groups is 1. The molecular weight excluding hydrogens is 362 g/mol. The molecule has 0 spiro atoms. The number of pyridine rings is 1. The van der Waals surface area contributed by atoms with Crippen molar-refractivity contribution in [1.29, 1.82) is 0 Å². The predicted octanol–water partition coefficient (Wildman–Crippen LogP) is 3.31. The van der Waals surface area contributed by atoms with Crippen molar-refractivity contribution in [2.45, 2.75) is 26.4 Å². The zero-order valence-corrected chi connectivity index (χ0v) is 17.5. The molecule has 2 aromatic heterocycles. The number of hydrogen-bond acceptors (Lipinski definition) is 4. The first kappa shape index (κ1) is 20.7. The van der Waals surface area contributed by atoms with E-state index < -0.39 is 0 Å². The second kappa shape index (κ2) is 9.47. The van der Waals surface area contributed by atoms with Crippen molar-refractivity contribution in [2.24, 2.45) is 5.92 Å². The van der Waals surface area contributed by atoms with Crippen LogP contribution in [0.3, 0.4) is 0 Å². The van der Waals surface area contributed by atoms with Crippen LogP contribution in [-0.2, 0) is 6.54 Å². The van der Waals surface area contributed by atoms with E-state index in [9.17, 15) is 4.79 Å². The second-order valence-corrected chi connectivity index (χ2v) is 7.80. The van der Waals surface area contributed by atoms with Gasteiger partial charge >= 0.3 is 0 Å². The van der Waals surface area contributed by atoms with Crippen molar-refractivity contribution in [3.05, 3.63) is 72.2 Å². The van der Waals surface area contributed by atoms with Crippen LogP contribution in [0.4, 0.5) is 0 Å². The molecule has 0 saturated carbocycles. The lowest BCUT2D eigenvalue weighted by molar-refractivity contribution is 0.0935. The first-order chi connectivity index (χ1) is 14.0. The van der Waals surface area contributed by atoms with Gasteiger partial charge in [0.25, 0.3) is 5.91 Å². The summed E-state index contributed by atoms with van der Waals surface area (Å²) >= 11 is 0. The van der Waals surface area contributed by atoms with Gasteiger partial charge in [-0.25, -0.2) is 0 Å². The van der Waals surface area contributed by atoms with Gasteiger partial charge in [0.15, 0.2) is 0 Å². The molecule has 1 amide bonds. The molecule has 29 heavy (non-hydrogen) atoms. The average molecular weight is 392 g/mol. The lowest BCUT2D eigenvalue weighted by atomic mass is 10.0. The van der Waals surface area contributed by atoms with E-state index >= 15 is 0 Å². The van der Waals surface area contributed by atoms with Crippen molar-refractivity contribution >= 4 is 5.91 Å². The largest absolute Gasteiger partial charge is 0.350 e. The Morgan fingerprint density at radius 3 is 2.52 bits per heavy atom. The SMILES string of the molecule is CC(C)C(CNC(=O)c1cn(Cc2ccccc2)nc1-c1cccnc1)N(C)C. The molecular formula is C23H29N5O. The molecule has 0 saturated heterocycles. The minimum Gasteiger partial charge on any atom is -0.350 e. The Bertz CT molecular complexity index is 911. The van der Waals surface area contributed by atoms with E-state index in [-0.39, 0.29) is 11.9 Å². The van der Waals surface area contributed by atoms with Gasteiger partial charge < -0.3 is 10.2 Å². The third-order valence-electron chi connectivity index (χ3n) is 5.03. The summed E-state index contributed by atoms with van der Waals surface area (Å²) in [4.78, 5) is 19.4. The number of rotatable bonds is 8. The summed E-state index contributed by atoms with van der Waals surface area (Å²) in [7, 11) is 4.07. The summed E-state index contributed by atoms with van der Waals surface area (Å²) in [6.07, 6.45) is 5.28. The van der Waals surface area contributed by atoms with Gasteiger partial charge in [-0.1, -0.05) is 44.2 Å². The number of amides is 1. The molecule has 6 heteroatoms. The second-order valence-electron chi connectivity index (χ2n) is 7.80. The summed E-state index contributed by atoms with van der Waals surface area (Å²) in [5.41, 5.74) is 3.18. The highest BCUT2D eigenvalue weighted by Gasteiger charge is 2.21. The lowest BCUT2D eigenvalue weighted by Crippen LogP contribution is -2.43. The molecule has 0 aliphatic carbocycles. The molecule has 1 N–H and O–H groups in total. The quantitative estimate of drug-likeness (QED) is 0.640. The zero-order valence-electron chi connectivity index (χ0n) is 17.5. The van der Waals surface area contributed by atoms with E-state index in [2.05, 4.69) is 41.2 Å². The van der Waals surface area contributed by atoms with Gasteiger partial charge in [-0.05, 0) is 37.7 Å². The van der Waals surface area contributed by atoms with Crippen LogP contribution in [-0.4, -0.2) is 52.3 Å². The molecule has 0 fully saturated rings. The molecule has 0 aliphatic heterocycles. The smallest absolute Gasteiger partial charge is 0.255 e. The number of aromatic nitrogens is 3. The van der Waals surface area contributed by atoms with Crippen LogP contribution in [0.5, 0.6) is 0 Å². The molecule has 0 bridgehead atoms. The van der Waals surface area contributed by atoms with Gasteiger partial charge in [0, 0.05) is 36.7 Å². The van der Waals surface area contributed by atoms with E-state index in [1.165, 1.54) is 0 Å². The lowest BCUT2D eigenvalue weighted by Gasteiger charge is -2.28. The summed E-state index contributed by atoms with van der Waals surface area (Å²) in [5.74, 6) is 0.319. The summed E-state index contributed by atoms with van der Waals surface area (Å²) in [5, 5.41) is 7.79. The minimum absolute atomic E-state index is 0.115. The summed E-state index contributed by atoms with van der Waals surface area (Å²) in [6, 6.07) is 14.1. The van der Waals surface area contributed by atoms with Crippen molar-refractivity contribution in [1.82, 2.24) is 25.0 Å². The Labute approximate surface area is 172 Å². The molecule has 3 aromatic rings. The predicted molar refractivity (Wildman–Crippen MR) is 116 cm³/mol. The molecule has 0 aliphatic rings. The zero-order chi connectivity index (χ0) is 20.8. The van der Waals surface area contributed by atoms with Crippen molar-refractivity contribution in [3.63, 3.8) is 0 Å². The molecule has 1 aromatic carbocycles. The molecule has 3 rings (SSSR count). The first-order valence-corrected chi connectivity index (χ1v) is 9.92. The molecule has 0 radical (unpaired) electrons. The fourth-order valence-corrected chi connectivity index (χ4v) is 3.46. The van der Waals surface area contributed by atoms with E-state index in [1.54, 1.807) is 12.4 Å². The molecule has 6 nitrogen and oxygen atoms in total. The Kier molecular flexibility index (Phi) is 6.77. The minimum atomic E-state index is -0.115. The number of nitrogens with one attached hydrogen (secondary N) is 1. The van der Waals surface area contributed by atoms with Crippen LogP contribution in [0.2, 0.25) is 0 Å². The highest BCUT2D eigenvalue weighted by atomic mass is 16.1. The van der Waals surface area contributed by atoms with Gasteiger partial charge in [-0.3, -0.25) is 14.5 Å². The van der Waals surface area contributed by atoms with Gasteiger partial charge in [0.2, 0.25) is 0 Å². The maximum atomic E-state index is 13.1. The highest BCUT2D eigenvalue weighted by molar-refractivity contribution is 5.99. The number of likely N-dealkylation sites (N-methyl/N-ethyl adjacent to an activating group) is 1. The monoisotopic (exact) mass is 391 g/mol. The van der Waals surface area contributed by atoms with Gasteiger partial charge in [-0.2, -0.15) is 5.10 Å². The van der Waals surface area contributed by atoms with Crippen LogP contribution in [0.25, 0.3) is 11.3 Å². The van der Waals surface area contributed by atoms with Crippen LogP contribution in [0.15, 0.2) is 61.1 Å². The topological polar surface area (TPSA) is 63.1 Å². The maximum Gasteiger partial charge on any atom is 0.255 e. The van der Waals surface area contributed by atoms with E-state index in [0.29, 0.717) is 30.3 Å². The van der Waals surface area contributed by atoms with Crippen LogP contribution >= 0.6 is 0 Å². The van der Waals surface area contributed by atoms with Gasteiger partial charge in [-0.15, -0.1) is 0 Å². The Balaban J connectivity index is 1.86. The Morgan fingerprint density at radius 2 is 1.90 bits per heavy atom. The van der Waals surface area contributed by atoms with Crippen molar-refractivity contribution in [3.8, 4) is 11.3 Å². The molecule has 2 heterocycles. The molecule has 152 valence electrons. The highest BCUT2D eigenvalue weighted by Crippen LogP contribution is 2.22. The number of carbonyl (C=O) groups excluding carboxylic acids is 1. The fourth-order valence-electron chi connectivity index (χ4n) is 3.46. The Hall–Kier alpha value is -2.99. The Morgan fingerprint density at radius 1 is 1.14 bits per heavy atom.